The average molecular weight is 320 g/mol. The van der Waals surface area contributed by atoms with Gasteiger partial charge in [0.05, 0.1) is 12.2 Å². The van der Waals surface area contributed by atoms with Crippen molar-refractivity contribution in [3.8, 4) is 0 Å². The molecule has 4 nitrogen and oxygen atoms in total. The van der Waals surface area contributed by atoms with Gasteiger partial charge in [0.25, 0.3) is 5.91 Å². The molecule has 122 valence electrons. The van der Waals surface area contributed by atoms with Crippen LogP contribution in [0.15, 0.2) is 65.2 Å². The van der Waals surface area contributed by atoms with Crippen molar-refractivity contribution in [2.24, 2.45) is 0 Å². The number of nitrogens with zero attached hydrogens (tertiary/aromatic N) is 1. The maximum absolute atomic E-state index is 12.1. The Kier molecular flexibility index (Phi) is 5.06. The third-order valence-corrected chi connectivity index (χ3v) is 3.86. The zero-order valence-corrected chi connectivity index (χ0v) is 13.7. The van der Waals surface area contributed by atoms with Gasteiger partial charge >= 0.3 is 0 Å². The van der Waals surface area contributed by atoms with Crippen molar-refractivity contribution in [1.82, 2.24) is 10.5 Å². The molecule has 0 bridgehead atoms. The zero-order valence-electron chi connectivity index (χ0n) is 13.7. The number of rotatable bonds is 6. The quantitative estimate of drug-likeness (QED) is 0.753. The second-order valence-electron chi connectivity index (χ2n) is 5.82. The van der Waals surface area contributed by atoms with E-state index in [9.17, 15) is 4.79 Å². The summed E-state index contributed by atoms with van der Waals surface area (Å²) in [5, 5.41) is 6.92. The first-order valence-electron chi connectivity index (χ1n) is 8.04. The van der Waals surface area contributed by atoms with Gasteiger partial charge in [-0.25, -0.2) is 0 Å². The first kappa shape index (κ1) is 16.0. The molecular weight excluding hydrogens is 300 g/mol. The number of hydrogen-bond acceptors (Lipinski definition) is 3. The third kappa shape index (κ3) is 4.32. The van der Waals surface area contributed by atoms with E-state index in [1.54, 1.807) is 0 Å². The monoisotopic (exact) mass is 320 g/mol. The van der Waals surface area contributed by atoms with Crippen LogP contribution in [0, 0.1) is 6.92 Å². The van der Waals surface area contributed by atoms with E-state index in [4.69, 9.17) is 4.52 Å². The van der Waals surface area contributed by atoms with Crippen molar-refractivity contribution in [2.45, 2.75) is 26.3 Å². The molecule has 2 aromatic carbocycles. The highest BCUT2D eigenvalue weighted by Crippen LogP contribution is 2.09. The molecule has 0 spiro atoms. The van der Waals surface area contributed by atoms with Crippen LogP contribution in [0.2, 0.25) is 0 Å². The summed E-state index contributed by atoms with van der Waals surface area (Å²) < 4.78 is 5.29. The fraction of sp³-hybridized carbons (Fsp3) is 0.200. The first-order valence-corrected chi connectivity index (χ1v) is 8.04. The second kappa shape index (κ2) is 7.59. The Bertz CT molecular complexity index is 792. The van der Waals surface area contributed by atoms with Crippen LogP contribution >= 0.6 is 0 Å². The number of amides is 1. The highest BCUT2D eigenvalue weighted by Gasteiger charge is 2.08. The van der Waals surface area contributed by atoms with E-state index in [0.29, 0.717) is 17.9 Å². The molecule has 0 aliphatic heterocycles. The molecular formula is C20H20N2O2. The number of benzene rings is 2. The van der Waals surface area contributed by atoms with Gasteiger partial charge in [0.1, 0.15) is 0 Å². The molecule has 0 unspecified atom stereocenters. The molecule has 1 amide bonds. The molecule has 0 saturated heterocycles. The van der Waals surface area contributed by atoms with Crippen LogP contribution in [0.25, 0.3) is 0 Å². The standard InChI is InChI=1S/C20H20N2O2/c1-15-7-10-17(11-8-15)20(23)21-14-19-13-18(22-24-19)12-9-16-5-3-2-4-6-16/h2-8,10-11,13H,9,12,14H2,1H3,(H,21,23). The number of carbonyl (C=O) groups excluding carboxylic acids is 1. The molecule has 1 heterocycles. The van der Waals surface area contributed by atoms with Crippen LogP contribution in [0.5, 0.6) is 0 Å². The van der Waals surface area contributed by atoms with Crippen LogP contribution < -0.4 is 5.32 Å². The van der Waals surface area contributed by atoms with E-state index in [0.717, 1.165) is 24.1 Å². The maximum Gasteiger partial charge on any atom is 0.251 e. The van der Waals surface area contributed by atoms with Crippen molar-refractivity contribution < 1.29 is 9.32 Å². The van der Waals surface area contributed by atoms with Crippen molar-refractivity contribution in [3.05, 3.63) is 88.8 Å². The number of carbonyl (C=O) groups is 1. The van der Waals surface area contributed by atoms with E-state index in [1.165, 1.54) is 5.56 Å². The zero-order chi connectivity index (χ0) is 16.8. The minimum Gasteiger partial charge on any atom is -0.359 e. The van der Waals surface area contributed by atoms with Gasteiger partial charge in [-0.15, -0.1) is 0 Å². The summed E-state index contributed by atoms with van der Waals surface area (Å²) in [6.45, 7) is 2.33. The average Bonchev–Trinajstić information content (AvgIpc) is 3.07. The Morgan fingerprint density at radius 3 is 2.54 bits per heavy atom. The largest absolute Gasteiger partial charge is 0.359 e. The lowest BCUT2D eigenvalue weighted by Gasteiger charge is -2.03. The molecule has 1 N–H and O–H groups in total. The van der Waals surface area contributed by atoms with Crippen LogP contribution in [0.1, 0.15) is 32.9 Å². The molecule has 0 aliphatic rings. The Hall–Kier alpha value is -2.88. The number of nitrogens with one attached hydrogen (secondary N) is 1. The van der Waals surface area contributed by atoms with Crippen LogP contribution in [0.4, 0.5) is 0 Å². The fourth-order valence-corrected chi connectivity index (χ4v) is 2.45. The van der Waals surface area contributed by atoms with E-state index in [2.05, 4.69) is 22.6 Å². The van der Waals surface area contributed by atoms with Crippen molar-refractivity contribution in [1.29, 1.82) is 0 Å². The molecule has 4 heteroatoms. The van der Waals surface area contributed by atoms with Gasteiger partial charge in [0.15, 0.2) is 5.76 Å². The Labute approximate surface area is 141 Å². The summed E-state index contributed by atoms with van der Waals surface area (Å²) in [6.07, 6.45) is 1.74. The minimum atomic E-state index is -0.114. The van der Waals surface area contributed by atoms with Crippen LogP contribution in [-0.2, 0) is 19.4 Å². The van der Waals surface area contributed by atoms with Gasteiger partial charge in [-0.1, -0.05) is 53.2 Å². The lowest BCUT2D eigenvalue weighted by atomic mass is 10.1. The van der Waals surface area contributed by atoms with E-state index in [-0.39, 0.29) is 5.91 Å². The number of aryl methyl sites for hydroxylation is 3. The van der Waals surface area contributed by atoms with Crippen molar-refractivity contribution >= 4 is 5.91 Å². The SMILES string of the molecule is Cc1ccc(C(=O)NCc2cc(CCc3ccccc3)no2)cc1. The summed E-state index contributed by atoms with van der Waals surface area (Å²) in [6, 6.07) is 19.6. The molecule has 24 heavy (non-hydrogen) atoms. The smallest absolute Gasteiger partial charge is 0.251 e. The van der Waals surface area contributed by atoms with Gasteiger partial charge in [-0.3, -0.25) is 4.79 Å². The summed E-state index contributed by atoms with van der Waals surface area (Å²) in [7, 11) is 0. The highest BCUT2D eigenvalue weighted by molar-refractivity contribution is 5.94. The van der Waals surface area contributed by atoms with Gasteiger partial charge in [-0.05, 0) is 37.5 Å². The second-order valence-corrected chi connectivity index (χ2v) is 5.82. The molecule has 1 aromatic heterocycles. The highest BCUT2D eigenvalue weighted by atomic mass is 16.5. The normalized spacial score (nSPS) is 10.5. The van der Waals surface area contributed by atoms with E-state index < -0.39 is 0 Å². The fourth-order valence-electron chi connectivity index (χ4n) is 2.45. The Morgan fingerprint density at radius 2 is 1.79 bits per heavy atom. The minimum absolute atomic E-state index is 0.114. The molecule has 0 saturated carbocycles. The molecule has 0 fully saturated rings. The van der Waals surface area contributed by atoms with Gasteiger partial charge < -0.3 is 9.84 Å². The van der Waals surface area contributed by atoms with Crippen molar-refractivity contribution in [2.75, 3.05) is 0 Å². The van der Waals surface area contributed by atoms with Crippen LogP contribution in [-0.4, -0.2) is 11.1 Å². The summed E-state index contributed by atoms with van der Waals surface area (Å²) in [4.78, 5) is 12.1. The summed E-state index contributed by atoms with van der Waals surface area (Å²) in [5.41, 5.74) is 3.95. The van der Waals surface area contributed by atoms with Crippen LogP contribution in [0.3, 0.4) is 0 Å². The predicted molar refractivity (Wildman–Crippen MR) is 92.7 cm³/mol. The Balaban J connectivity index is 1.50. The molecule has 3 rings (SSSR count). The summed E-state index contributed by atoms with van der Waals surface area (Å²) >= 11 is 0. The topological polar surface area (TPSA) is 55.1 Å². The summed E-state index contributed by atoms with van der Waals surface area (Å²) in [5.74, 6) is 0.552. The molecule has 0 atom stereocenters. The van der Waals surface area contributed by atoms with Crippen molar-refractivity contribution in [3.63, 3.8) is 0 Å². The van der Waals surface area contributed by atoms with Gasteiger partial charge in [0, 0.05) is 11.6 Å². The first-order chi connectivity index (χ1) is 11.7. The molecule has 0 radical (unpaired) electrons. The van der Waals surface area contributed by atoms with Gasteiger partial charge in [0.2, 0.25) is 0 Å². The van der Waals surface area contributed by atoms with Gasteiger partial charge in [-0.2, -0.15) is 0 Å². The predicted octanol–water partition coefficient (Wildman–Crippen LogP) is 3.70. The lowest BCUT2D eigenvalue weighted by Crippen LogP contribution is -2.22. The van der Waals surface area contributed by atoms with E-state index >= 15 is 0 Å². The maximum atomic E-state index is 12.1. The number of hydrogen-bond donors (Lipinski definition) is 1. The Morgan fingerprint density at radius 1 is 1.04 bits per heavy atom. The lowest BCUT2D eigenvalue weighted by molar-refractivity contribution is 0.0947. The third-order valence-electron chi connectivity index (χ3n) is 3.86. The van der Waals surface area contributed by atoms with E-state index in [1.807, 2.05) is 55.5 Å². The molecule has 3 aromatic rings. The number of aromatic nitrogens is 1. The molecule has 0 aliphatic carbocycles.